The SMILES string of the molecule is COc1cnc(S(=N)(=O)N2CCc3[nH]c4c(Cl)c(Cl)ccc4c3[C@@H]2C)nc1. The molecule has 142 valence electrons. The van der Waals surface area contributed by atoms with Gasteiger partial charge in [0, 0.05) is 30.1 Å². The first-order valence-corrected chi connectivity index (χ1v) is 10.5. The Balaban J connectivity index is 1.78. The summed E-state index contributed by atoms with van der Waals surface area (Å²) in [6.45, 7) is 2.36. The van der Waals surface area contributed by atoms with Crippen molar-refractivity contribution in [3.63, 3.8) is 0 Å². The summed E-state index contributed by atoms with van der Waals surface area (Å²) in [4.78, 5) is 11.5. The van der Waals surface area contributed by atoms with Crippen molar-refractivity contribution in [2.75, 3.05) is 13.7 Å². The fraction of sp³-hybridized carbons (Fsp3) is 0.294. The van der Waals surface area contributed by atoms with Crippen LogP contribution in [0.15, 0.2) is 29.7 Å². The second-order valence-corrected chi connectivity index (χ2v) is 8.97. The van der Waals surface area contributed by atoms with E-state index in [-0.39, 0.29) is 11.2 Å². The van der Waals surface area contributed by atoms with Crippen molar-refractivity contribution in [2.24, 2.45) is 0 Å². The first kappa shape index (κ1) is 18.5. The lowest BCUT2D eigenvalue weighted by Gasteiger charge is -2.33. The third kappa shape index (κ3) is 2.87. The number of H-pyrrole nitrogens is 1. The molecule has 0 aliphatic carbocycles. The molecule has 1 aliphatic heterocycles. The van der Waals surface area contributed by atoms with Gasteiger partial charge in [-0.2, -0.15) is 0 Å². The Morgan fingerprint density at radius 3 is 2.70 bits per heavy atom. The minimum atomic E-state index is -3.36. The fourth-order valence-electron chi connectivity index (χ4n) is 3.52. The summed E-state index contributed by atoms with van der Waals surface area (Å²) in [7, 11) is -1.86. The zero-order chi connectivity index (χ0) is 19.3. The highest BCUT2D eigenvalue weighted by atomic mass is 35.5. The topological polar surface area (TPSA) is 95.0 Å². The van der Waals surface area contributed by atoms with Gasteiger partial charge in [-0.05, 0) is 18.6 Å². The number of hydrogen-bond acceptors (Lipinski definition) is 5. The average Bonchev–Trinajstić information content (AvgIpc) is 3.05. The highest BCUT2D eigenvalue weighted by Gasteiger charge is 2.35. The van der Waals surface area contributed by atoms with Gasteiger partial charge in [0.1, 0.15) is 0 Å². The molecule has 2 atom stereocenters. The van der Waals surface area contributed by atoms with Crippen LogP contribution in [0.25, 0.3) is 10.9 Å². The molecule has 0 radical (unpaired) electrons. The molecule has 0 saturated heterocycles. The van der Waals surface area contributed by atoms with Crippen molar-refractivity contribution in [2.45, 2.75) is 24.5 Å². The molecular weight excluding hydrogens is 409 g/mol. The van der Waals surface area contributed by atoms with Gasteiger partial charge in [-0.3, -0.25) is 0 Å². The van der Waals surface area contributed by atoms with Gasteiger partial charge in [0.2, 0.25) is 5.16 Å². The van der Waals surface area contributed by atoms with Crippen LogP contribution in [-0.4, -0.2) is 37.1 Å². The number of nitrogens with zero attached hydrogens (tertiary/aromatic N) is 3. The first-order valence-electron chi connectivity index (χ1n) is 8.24. The van der Waals surface area contributed by atoms with Gasteiger partial charge in [0.25, 0.3) is 0 Å². The lowest BCUT2D eigenvalue weighted by atomic mass is 9.99. The molecule has 10 heteroatoms. The van der Waals surface area contributed by atoms with Crippen LogP contribution in [0, 0.1) is 4.78 Å². The van der Waals surface area contributed by atoms with E-state index in [2.05, 4.69) is 15.0 Å². The third-order valence-electron chi connectivity index (χ3n) is 4.84. The molecule has 0 saturated carbocycles. The number of ether oxygens (including phenoxy) is 1. The molecule has 3 heterocycles. The molecule has 0 amide bonds. The number of fused-ring (bicyclic) bond motifs is 3. The van der Waals surface area contributed by atoms with Crippen LogP contribution in [-0.2, 0) is 16.3 Å². The van der Waals surface area contributed by atoms with E-state index in [0.717, 1.165) is 22.2 Å². The monoisotopic (exact) mass is 425 g/mol. The van der Waals surface area contributed by atoms with Gasteiger partial charge in [-0.1, -0.05) is 29.3 Å². The van der Waals surface area contributed by atoms with Gasteiger partial charge >= 0.3 is 0 Å². The van der Waals surface area contributed by atoms with E-state index >= 15 is 0 Å². The zero-order valence-electron chi connectivity index (χ0n) is 14.6. The molecule has 1 aliphatic rings. The van der Waals surface area contributed by atoms with E-state index in [1.54, 1.807) is 10.4 Å². The van der Waals surface area contributed by atoms with Crippen LogP contribution >= 0.6 is 23.2 Å². The van der Waals surface area contributed by atoms with E-state index in [9.17, 15) is 4.21 Å². The molecule has 1 unspecified atom stereocenters. The highest BCUT2D eigenvalue weighted by Crippen LogP contribution is 2.41. The minimum absolute atomic E-state index is 0.0282. The quantitative estimate of drug-likeness (QED) is 0.614. The molecule has 0 spiro atoms. The van der Waals surface area contributed by atoms with Crippen LogP contribution in [0.4, 0.5) is 0 Å². The molecule has 1 aromatic carbocycles. The summed E-state index contributed by atoms with van der Waals surface area (Å²) in [6, 6.07) is 3.36. The first-order chi connectivity index (χ1) is 12.8. The van der Waals surface area contributed by atoms with Crippen molar-refractivity contribution in [3.05, 3.63) is 45.8 Å². The van der Waals surface area contributed by atoms with Gasteiger partial charge in [0.05, 0.1) is 35.1 Å². The van der Waals surface area contributed by atoms with Crippen molar-refractivity contribution >= 4 is 44.0 Å². The third-order valence-corrected chi connectivity index (χ3v) is 7.51. The summed E-state index contributed by atoms with van der Waals surface area (Å²) in [6.07, 6.45) is 3.45. The largest absolute Gasteiger partial charge is 0.494 e. The number of benzene rings is 1. The van der Waals surface area contributed by atoms with Crippen LogP contribution in [0.1, 0.15) is 24.2 Å². The molecule has 3 aromatic rings. The maximum atomic E-state index is 13.3. The lowest BCUT2D eigenvalue weighted by Crippen LogP contribution is -2.38. The smallest absolute Gasteiger partial charge is 0.242 e. The predicted molar refractivity (Wildman–Crippen MR) is 105 cm³/mol. The summed E-state index contributed by atoms with van der Waals surface area (Å²) < 4.78 is 28.5. The molecular formula is C17H17Cl2N5O2S. The Labute approximate surface area is 166 Å². The Kier molecular flexibility index (Phi) is 4.54. The van der Waals surface area contributed by atoms with Gasteiger partial charge in [-0.25, -0.2) is 23.3 Å². The zero-order valence-corrected chi connectivity index (χ0v) is 17.0. The highest BCUT2D eigenvalue weighted by molar-refractivity contribution is 7.90. The van der Waals surface area contributed by atoms with E-state index < -0.39 is 9.92 Å². The number of methoxy groups -OCH3 is 1. The summed E-state index contributed by atoms with van der Waals surface area (Å²) in [5, 5.41) is 1.83. The number of aromatic amines is 1. The Hall–Kier alpha value is -1.87. The predicted octanol–water partition coefficient (Wildman–Crippen LogP) is 4.21. The maximum absolute atomic E-state index is 13.3. The van der Waals surface area contributed by atoms with E-state index in [1.807, 2.05) is 13.0 Å². The maximum Gasteiger partial charge on any atom is 0.242 e. The number of halogens is 2. The summed E-state index contributed by atoms with van der Waals surface area (Å²) in [5.74, 6) is 0.450. The van der Waals surface area contributed by atoms with Crippen molar-refractivity contribution < 1.29 is 8.95 Å². The normalized spacial score (nSPS) is 19.6. The van der Waals surface area contributed by atoms with Crippen LogP contribution in [0.2, 0.25) is 10.0 Å². The number of nitrogens with one attached hydrogen (secondary N) is 2. The standard InChI is InChI=1S/C17H17Cl2N5O2S/c1-9-14-11-3-4-12(18)15(19)16(11)23-13(14)5-6-24(9)27(20,25)17-21-7-10(26-2)8-22-17/h3-4,7-9,20,23H,5-6H2,1-2H3/t9-,27?/m0/s1. The number of aromatic nitrogens is 3. The van der Waals surface area contributed by atoms with Gasteiger partial charge < -0.3 is 9.72 Å². The molecule has 2 N–H and O–H groups in total. The molecule has 0 fully saturated rings. The molecule has 27 heavy (non-hydrogen) atoms. The molecule has 0 bridgehead atoms. The number of hydrogen-bond donors (Lipinski definition) is 2. The van der Waals surface area contributed by atoms with Crippen molar-refractivity contribution in [3.8, 4) is 5.75 Å². The lowest BCUT2D eigenvalue weighted by molar-refractivity contribution is 0.339. The van der Waals surface area contributed by atoms with E-state index in [1.165, 1.54) is 19.5 Å². The summed E-state index contributed by atoms with van der Waals surface area (Å²) in [5.41, 5.74) is 2.76. The van der Waals surface area contributed by atoms with Crippen molar-refractivity contribution in [1.29, 1.82) is 4.78 Å². The van der Waals surface area contributed by atoms with E-state index in [4.69, 9.17) is 32.7 Å². The van der Waals surface area contributed by atoms with Crippen LogP contribution in [0.5, 0.6) is 5.75 Å². The van der Waals surface area contributed by atoms with Gasteiger partial charge in [0.15, 0.2) is 15.7 Å². The minimum Gasteiger partial charge on any atom is -0.494 e. The van der Waals surface area contributed by atoms with Crippen molar-refractivity contribution in [1.82, 2.24) is 19.3 Å². The fourth-order valence-corrected chi connectivity index (χ4v) is 5.39. The second-order valence-electron chi connectivity index (χ2n) is 6.30. The van der Waals surface area contributed by atoms with Gasteiger partial charge in [-0.15, -0.1) is 0 Å². The van der Waals surface area contributed by atoms with E-state index in [0.29, 0.717) is 28.8 Å². The van der Waals surface area contributed by atoms with Crippen LogP contribution in [0.3, 0.4) is 0 Å². The average molecular weight is 426 g/mol. The Morgan fingerprint density at radius 2 is 2.04 bits per heavy atom. The number of rotatable bonds is 3. The Morgan fingerprint density at radius 1 is 1.33 bits per heavy atom. The molecule has 2 aromatic heterocycles. The second kappa shape index (κ2) is 6.63. The summed E-state index contributed by atoms with van der Waals surface area (Å²) >= 11 is 12.5. The molecule has 4 rings (SSSR count). The molecule has 7 nitrogen and oxygen atoms in total. The van der Waals surface area contributed by atoms with Crippen LogP contribution < -0.4 is 4.74 Å². The Bertz CT molecular complexity index is 1130.